The Morgan fingerprint density at radius 1 is 0.286 bits per heavy atom. The molecule has 0 aliphatic rings. The summed E-state index contributed by atoms with van der Waals surface area (Å²) in [5, 5.41) is -0.246. The van der Waals surface area contributed by atoms with Gasteiger partial charge in [0.05, 0.1) is 0 Å². The lowest BCUT2D eigenvalue weighted by molar-refractivity contribution is -0.154. The molecule has 0 saturated carbocycles. The average molecular weight is 1430 g/mol. The quantitative estimate of drug-likeness (QED) is 0.0269. The molecule has 0 unspecified atom stereocenters. The van der Waals surface area contributed by atoms with Crippen molar-refractivity contribution in [2.45, 2.75) is 448 Å². The fourth-order valence-corrected chi connectivity index (χ4v) is 13.5. The zero-order valence-electron chi connectivity index (χ0n) is 67.2. The largest absolute Gasteiger partial charge is 0.462 e. The fourth-order valence-electron chi connectivity index (χ4n) is 12.6. The van der Waals surface area contributed by atoms with Gasteiger partial charge >= 0.3 is 23.9 Å². The number of ether oxygens (including phenoxy) is 4. The monoisotopic (exact) mass is 1430 g/mol. The molecular weight excluding hydrogens is 1260 g/mol. The molecule has 0 aliphatic heterocycles. The van der Waals surface area contributed by atoms with Crippen molar-refractivity contribution in [1.29, 1.82) is 0 Å². The van der Waals surface area contributed by atoms with Crippen LogP contribution in [0.3, 0.4) is 0 Å². The van der Waals surface area contributed by atoms with Crippen molar-refractivity contribution < 1.29 is 42.9 Å². The Kier molecular flexibility index (Phi) is 82.4. The number of amides is 1. The summed E-state index contributed by atoms with van der Waals surface area (Å²) in [7, 11) is 0. The molecule has 0 aromatic carbocycles. The lowest BCUT2D eigenvalue weighted by atomic mass is 10.0. The number of hydrogen-bond donors (Lipinski definition) is 1. The molecule has 584 valence electrons. The number of hydrogen-bond acceptors (Lipinski definition) is 13. The Morgan fingerprint density at radius 3 is 0.735 bits per heavy atom. The smallest absolute Gasteiger partial charge is 0.325 e. The normalized spacial score (nSPS) is 11.4. The predicted molar refractivity (Wildman–Crippen MR) is 428 cm³/mol. The van der Waals surface area contributed by atoms with Crippen molar-refractivity contribution in [1.82, 2.24) is 14.7 Å². The van der Waals surface area contributed by atoms with Crippen molar-refractivity contribution in [3.05, 3.63) is 0 Å². The third-order valence-electron chi connectivity index (χ3n) is 19.2. The SMILES string of the molecule is CCCCCCCC(CCCCCCC)OC(=O)CCCC(=O)OC(CCCCCCC)CCCCCCC.CCCCCCCC(CCCCCCC)OC(=O)CN(CC(=O)OC(CCCCCCC)CCCCCCC)C(=O)SCCCN(CC)CC.CCN(CC)CCCS. The molecule has 0 radical (unpaired) electrons. The number of esters is 4. The van der Waals surface area contributed by atoms with E-state index in [0.717, 1.165) is 160 Å². The van der Waals surface area contributed by atoms with Crippen LogP contribution in [0.15, 0.2) is 0 Å². The summed E-state index contributed by atoms with van der Waals surface area (Å²) >= 11 is 5.35. The highest BCUT2D eigenvalue weighted by molar-refractivity contribution is 8.13. The maximum absolute atomic E-state index is 13.5. The summed E-state index contributed by atoms with van der Waals surface area (Å²) in [6.07, 6.45) is 58.4. The van der Waals surface area contributed by atoms with Crippen LogP contribution in [0, 0.1) is 0 Å². The third-order valence-corrected chi connectivity index (χ3v) is 20.5. The lowest BCUT2D eigenvalue weighted by Crippen LogP contribution is -2.40. The Morgan fingerprint density at radius 2 is 0.510 bits per heavy atom. The minimum atomic E-state index is -0.412. The topological polar surface area (TPSA) is 132 Å². The summed E-state index contributed by atoms with van der Waals surface area (Å²) in [6, 6.07) is 0. The Hall–Kier alpha value is -2.03. The molecule has 0 aromatic rings. The van der Waals surface area contributed by atoms with E-state index in [-0.39, 0.29) is 54.7 Å². The number of thiol groups is 1. The standard InChI is InChI=1S/C42H82N2O5S.C35H68O4.C7H17NS/c1-7-13-17-21-25-30-38(31-26-22-18-14-8-2)48-40(45)36-44(42(47)50-35-29-34-43(11-5)12-6)37-41(46)49-39(32-27-23-19-15-9-3)33-28-24-20-16-10-4;1-5-9-13-17-21-26-32(27-22-18-14-10-6-2)38-34(36)30-25-31-35(37)39-33(28-23-19-15-11-7-3)29-24-20-16-12-8-4;1-3-8(4-2)6-5-7-9/h38-39H,7-37H2,1-6H3;32-33H,5-31H2,1-4H3;9H,3-7H2,1-2H3. The van der Waals surface area contributed by atoms with Crippen LogP contribution in [0.5, 0.6) is 0 Å². The van der Waals surface area contributed by atoms with Crippen LogP contribution in [-0.4, -0.2) is 132 Å². The van der Waals surface area contributed by atoms with E-state index < -0.39 is 11.9 Å². The van der Waals surface area contributed by atoms with Crippen LogP contribution >= 0.6 is 24.4 Å². The van der Waals surface area contributed by atoms with Gasteiger partial charge in [0, 0.05) is 18.6 Å². The van der Waals surface area contributed by atoms with Gasteiger partial charge < -0.3 is 33.6 Å². The molecule has 98 heavy (non-hydrogen) atoms. The third kappa shape index (κ3) is 71.0. The summed E-state index contributed by atoms with van der Waals surface area (Å²) in [6.45, 7) is 32.5. The second-order valence-electron chi connectivity index (χ2n) is 28.4. The van der Waals surface area contributed by atoms with Crippen molar-refractivity contribution in [3.63, 3.8) is 0 Å². The van der Waals surface area contributed by atoms with Gasteiger partial charge in [0.1, 0.15) is 37.5 Å². The Balaban J connectivity index is -0.00000167. The van der Waals surface area contributed by atoms with Crippen molar-refractivity contribution >= 4 is 53.5 Å². The maximum atomic E-state index is 13.5. The number of unbranched alkanes of at least 4 members (excludes halogenated alkanes) is 32. The van der Waals surface area contributed by atoms with Crippen LogP contribution in [0.1, 0.15) is 423 Å². The first-order chi connectivity index (χ1) is 47.8. The van der Waals surface area contributed by atoms with Crippen LogP contribution in [-0.2, 0) is 38.1 Å². The van der Waals surface area contributed by atoms with Gasteiger partial charge in [-0.25, -0.2) is 0 Å². The molecule has 0 spiro atoms. The molecule has 0 saturated heterocycles. The molecule has 12 nitrogen and oxygen atoms in total. The number of carbonyl (C=O) groups excluding carboxylic acids is 5. The minimum absolute atomic E-state index is 0.0394. The molecule has 0 bridgehead atoms. The lowest BCUT2D eigenvalue weighted by Gasteiger charge is -2.25. The van der Waals surface area contributed by atoms with Crippen LogP contribution in [0.4, 0.5) is 4.79 Å². The van der Waals surface area contributed by atoms with Crippen LogP contribution in [0.25, 0.3) is 0 Å². The number of thioether (sulfide) groups is 1. The summed E-state index contributed by atoms with van der Waals surface area (Å²) in [4.78, 5) is 71.7. The Labute approximate surface area is 619 Å². The van der Waals surface area contributed by atoms with E-state index in [2.05, 4.69) is 106 Å². The summed E-state index contributed by atoms with van der Waals surface area (Å²) < 4.78 is 23.9. The predicted octanol–water partition coefficient (Wildman–Crippen LogP) is 25.2. The maximum Gasteiger partial charge on any atom is 0.325 e. The van der Waals surface area contributed by atoms with E-state index >= 15 is 0 Å². The second kappa shape index (κ2) is 80.7. The highest BCUT2D eigenvalue weighted by Gasteiger charge is 2.26. The molecular formula is C84H167N3O9S2. The van der Waals surface area contributed by atoms with Gasteiger partial charge in [0.25, 0.3) is 5.24 Å². The first kappa shape index (κ1) is 100. The summed E-state index contributed by atoms with van der Waals surface area (Å²) in [5.74, 6) is 0.551. The molecule has 0 heterocycles. The highest BCUT2D eigenvalue weighted by atomic mass is 32.2. The van der Waals surface area contributed by atoms with Gasteiger partial charge in [-0.05, 0) is 167 Å². The average Bonchev–Trinajstić information content (AvgIpc) is 1.27. The molecule has 0 fully saturated rings. The number of carbonyl (C=O) groups is 5. The molecule has 0 aliphatic carbocycles. The van der Waals surface area contributed by atoms with E-state index in [1.807, 2.05) is 0 Å². The second-order valence-corrected chi connectivity index (χ2v) is 29.9. The first-order valence-electron chi connectivity index (χ1n) is 42.5. The molecule has 0 rings (SSSR count). The fraction of sp³-hybridized carbons (Fsp3) is 0.940. The van der Waals surface area contributed by atoms with Crippen LogP contribution in [0.2, 0.25) is 0 Å². The van der Waals surface area contributed by atoms with Gasteiger partial charge in [-0.3, -0.25) is 24.0 Å². The van der Waals surface area contributed by atoms with Crippen molar-refractivity contribution in [3.8, 4) is 0 Å². The molecule has 0 N–H and O–H groups in total. The summed E-state index contributed by atoms with van der Waals surface area (Å²) in [5.41, 5.74) is 0. The first-order valence-corrected chi connectivity index (χ1v) is 44.1. The number of nitrogens with zero attached hydrogens (tertiary/aromatic N) is 3. The Bertz CT molecular complexity index is 1540. The highest BCUT2D eigenvalue weighted by Crippen LogP contribution is 2.23. The van der Waals surface area contributed by atoms with Gasteiger partial charge in [-0.2, -0.15) is 12.6 Å². The zero-order chi connectivity index (χ0) is 73.0. The van der Waals surface area contributed by atoms with Gasteiger partial charge in [-0.1, -0.05) is 300 Å². The van der Waals surface area contributed by atoms with E-state index in [1.165, 1.54) is 222 Å². The van der Waals surface area contributed by atoms with E-state index in [1.54, 1.807) is 0 Å². The minimum Gasteiger partial charge on any atom is -0.462 e. The number of rotatable bonds is 71. The van der Waals surface area contributed by atoms with Gasteiger partial charge in [-0.15, -0.1) is 0 Å². The zero-order valence-corrected chi connectivity index (χ0v) is 68.9. The van der Waals surface area contributed by atoms with Gasteiger partial charge in [0.15, 0.2) is 0 Å². The van der Waals surface area contributed by atoms with Crippen LogP contribution < -0.4 is 0 Å². The van der Waals surface area contributed by atoms with Gasteiger partial charge in [0.2, 0.25) is 0 Å². The molecule has 1 amide bonds. The van der Waals surface area contributed by atoms with Crippen molar-refractivity contribution in [2.75, 3.05) is 63.9 Å². The molecule has 0 atom stereocenters. The van der Waals surface area contributed by atoms with E-state index in [0.29, 0.717) is 25.0 Å². The van der Waals surface area contributed by atoms with Crippen molar-refractivity contribution in [2.24, 2.45) is 0 Å². The van der Waals surface area contributed by atoms with E-state index in [4.69, 9.17) is 18.9 Å². The molecule has 14 heteroatoms. The van der Waals surface area contributed by atoms with E-state index in [9.17, 15) is 24.0 Å². The molecule has 0 aromatic heterocycles.